The molecule has 7 heteroatoms. The Morgan fingerprint density at radius 1 is 0.224 bits per heavy atom. The van der Waals surface area contributed by atoms with Gasteiger partial charge in [0, 0.05) is 44.1 Å². The highest BCUT2D eigenvalue weighted by Gasteiger charge is 2.50. The Hall–Kier alpha value is -6.03. The lowest BCUT2D eigenvalue weighted by atomic mass is 10.1. The maximum Gasteiger partial charge on any atom is 0.673 e. The zero-order chi connectivity index (χ0) is 59.7. The average Bonchev–Trinajstić information content (AvgIpc) is 1.96. The third kappa shape index (κ3) is 15.4. The second-order valence-electron chi connectivity index (χ2n) is 23.5. The van der Waals surface area contributed by atoms with Crippen LogP contribution >= 0.6 is 30.9 Å². The fourth-order valence-corrected chi connectivity index (χ4v) is 20.5. The van der Waals surface area contributed by atoms with Crippen LogP contribution in [0.25, 0.3) is 0 Å². The molecule has 0 bridgehead atoms. The van der Waals surface area contributed by atoms with E-state index in [1.807, 2.05) is 0 Å². The van der Waals surface area contributed by atoms with Gasteiger partial charge in [0.25, 0.3) is 0 Å². The van der Waals surface area contributed by atoms with Crippen LogP contribution in [-0.2, 0) is 31.6 Å². The molecule has 0 saturated heterocycles. The monoisotopic (exact) mass is 1180 g/mol. The average molecular weight is 1190 g/mol. The van der Waals surface area contributed by atoms with Gasteiger partial charge in [-0.15, -0.1) is 0 Å². The van der Waals surface area contributed by atoms with Gasteiger partial charge in [0.15, 0.2) is 0 Å². The highest BCUT2D eigenvalue weighted by atomic mass is 32.3. The van der Waals surface area contributed by atoms with Crippen LogP contribution in [0.15, 0.2) is 262 Å². The highest BCUT2D eigenvalue weighted by Crippen LogP contribution is 2.76. The van der Waals surface area contributed by atoms with E-state index in [-0.39, 0.29) is 0 Å². The van der Waals surface area contributed by atoms with E-state index < -0.39 is 38.2 Å². The molecule has 0 aliphatic rings. The van der Waals surface area contributed by atoms with Gasteiger partial charge in [-0.3, -0.25) is 0 Å². The molecule has 0 heterocycles. The number of benzene rings is 9. The quantitative estimate of drug-likeness (QED) is 0.0332. The van der Waals surface area contributed by atoms with Crippen LogP contribution in [0.3, 0.4) is 0 Å². The Bertz CT molecular complexity index is 2930. The summed E-state index contributed by atoms with van der Waals surface area (Å²) in [5, 5.41) is 0. The van der Waals surface area contributed by atoms with Crippen LogP contribution in [0.4, 0.5) is 0 Å². The van der Waals surface area contributed by atoms with E-state index in [9.17, 15) is 0 Å². The molecule has 0 radical (unpaired) electrons. The second kappa shape index (κ2) is 30.6. The van der Waals surface area contributed by atoms with Crippen molar-refractivity contribution in [3.05, 3.63) is 268 Å². The lowest BCUT2D eigenvalue weighted by Crippen LogP contribution is -2.33. The van der Waals surface area contributed by atoms with Crippen LogP contribution in [0.1, 0.15) is 148 Å². The highest BCUT2D eigenvalue weighted by molar-refractivity contribution is 8.32. The van der Waals surface area contributed by atoms with Crippen molar-refractivity contribution in [1.29, 1.82) is 0 Å². The van der Waals surface area contributed by atoms with Crippen molar-refractivity contribution in [3.63, 3.8) is 0 Å². The molecule has 0 fully saturated rings. The number of hydrogen-bond acceptors (Lipinski definition) is 3. The van der Waals surface area contributed by atoms with E-state index in [0.717, 1.165) is 82.6 Å². The summed E-state index contributed by atoms with van der Waals surface area (Å²) < 4.78 is 25.9. The molecule has 0 N–H and O–H groups in total. The van der Waals surface area contributed by atoms with Crippen molar-refractivity contribution >= 4 is 38.2 Å². The fourth-order valence-electron chi connectivity index (χ4n) is 11.3. The summed E-state index contributed by atoms with van der Waals surface area (Å²) in [6.45, 7) is 19.9. The van der Waals surface area contributed by atoms with Gasteiger partial charge in [0.2, 0.25) is 0 Å². The molecule has 0 aromatic heterocycles. The molecule has 9 rings (SSSR count). The maximum atomic E-state index is 8.64. The molecule has 0 unspecified atom stereocenters. The van der Waals surface area contributed by atoms with Gasteiger partial charge < -0.3 is 12.3 Å². The van der Waals surface area contributed by atoms with Crippen LogP contribution < -0.4 is 0 Å². The zero-order valence-corrected chi connectivity index (χ0v) is 54.9. The van der Waals surface area contributed by atoms with Crippen molar-refractivity contribution in [2.75, 3.05) is 0 Å². The van der Waals surface area contributed by atoms with E-state index in [4.69, 9.17) is 12.3 Å². The van der Waals surface area contributed by atoms with Gasteiger partial charge in [0.05, 0.1) is 0 Å². The van der Waals surface area contributed by atoms with Crippen molar-refractivity contribution in [3.8, 4) is 0 Å². The standard InChI is InChI=1S/C78H93BO3S3/c1-10-13-16-19-22-67-37-55-76(56-38-67)83(70-43-25-61(4)26-44-70,71-45-27-62(5)28-46-71)80-79(81-84(72-47-29-63(6)30-48-72,73-49-31-64(7)32-50-73)77-57-39-68(40-58-77)23-20-17-14-11-2)82-85(74-51-33-65(8)34-52-74,75-53-35-66(9)36-54-75)78-59-41-69(42-60-78)24-21-18-15-12-3/h25-60H,10-24H2,1-9H3. The Morgan fingerprint density at radius 3 is 0.553 bits per heavy atom. The normalized spacial score (nSPS) is 12.5. The van der Waals surface area contributed by atoms with Gasteiger partial charge in [-0.1, -0.05) is 252 Å². The molecular weight excluding hydrogens is 1090 g/mol. The van der Waals surface area contributed by atoms with Crippen LogP contribution in [0.5, 0.6) is 0 Å². The van der Waals surface area contributed by atoms with Crippen LogP contribution in [0.2, 0.25) is 0 Å². The summed E-state index contributed by atoms with van der Waals surface area (Å²) in [4.78, 5) is 9.60. The molecule has 0 saturated carbocycles. The van der Waals surface area contributed by atoms with E-state index in [0.29, 0.717) is 0 Å². The fraction of sp³-hybridized carbons (Fsp3) is 0.308. The molecule has 85 heavy (non-hydrogen) atoms. The molecule has 444 valence electrons. The van der Waals surface area contributed by atoms with E-state index in [1.165, 1.54) is 108 Å². The summed E-state index contributed by atoms with van der Waals surface area (Å²) in [7, 11) is -9.54. The van der Waals surface area contributed by atoms with Crippen molar-refractivity contribution in [1.82, 2.24) is 0 Å². The third-order valence-electron chi connectivity index (χ3n) is 16.5. The van der Waals surface area contributed by atoms with Crippen LogP contribution in [0, 0.1) is 41.5 Å². The minimum absolute atomic E-state index is 1.03. The molecular formula is C78H93BO3S3. The summed E-state index contributed by atoms with van der Waals surface area (Å²) in [6.07, 6.45) is 17.6. The third-order valence-corrected chi connectivity index (χ3v) is 26.3. The number of unbranched alkanes of at least 4 members (excludes halogenated alkanes) is 9. The first-order chi connectivity index (χ1) is 41.4. The Kier molecular flexibility index (Phi) is 22.8. The largest absolute Gasteiger partial charge is 0.673 e. The summed E-state index contributed by atoms with van der Waals surface area (Å²) in [5.74, 6) is 0. The first-order valence-electron chi connectivity index (χ1n) is 31.6. The number of hydrogen-bond donors (Lipinski definition) is 0. The van der Waals surface area contributed by atoms with Gasteiger partial charge >= 0.3 is 7.32 Å². The first kappa shape index (κ1) is 63.5. The Balaban J connectivity index is 1.38. The van der Waals surface area contributed by atoms with Crippen molar-refractivity contribution in [2.24, 2.45) is 0 Å². The predicted molar refractivity (Wildman–Crippen MR) is 366 cm³/mol. The van der Waals surface area contributed by atoms with Gasteiger partial charge in [-0.2, -0.15) is 0 Å². The van der Waals surface area contributed by atoms with E-state index in [2.05, 4.69) is 281 Å². The number of aryl methyl sites for hydroxylation is 9. The maximum absolute atomic E-state index is 8.64. The van der Waals surface area contributed by atoms with Crippen LogP contribution in [-0.4, -0.2) is 7.32 Å². The van der Waals surface area contributed by atoms with Gasteiger partial charge in [-0.05, 0) is 206 Å². The minimum Gasteiger partial charge on any atom is -0.323 e. The SMILES string of the molecule is CCCCCCc1ccc(S(OB(OS(c2ccc(C)cc2)(c2ccc(C)cc2)c2ccc(CCCCCC)cc2)OS(c2ccc(C)cc2)(c2ccc(C)cc2)c2ccc(CCCCCC)cc2)(c2ccc(C)cc2)c2ccc(C)cc2)cc1. The summed E-state index contributed by atoms with van der Waals surface area (Å²) in [6, 6.07) is 82.5. The molecule has 9 aromatic rings. The molecule has 0 aliphatic heterocycles. The van der Waals surface area contributed by atoms with Gasteiger partial charge in [0.1, 0.15) is 0 Å². The molecule has 0 atom stereocenters. The molecule has 0 amide bonds. The predicted octanol–water partition coefficient (Wildman–Crippen LogP) is 23.9. The van der Waals surface area contributed by atoms with Gasteiger partial charge in [-0.25, -0.2) is 0 Å². The van der Waals surface area contributed by atoms with Crippen molar-refractivity contribution in [2.45, 2.75) is 203 Å². The Labute approximate surface area is 518 Å². The molecule has 3 nitrogen and oxygen atoms in total. The molecule has 0 aliphatic carbocycles. The first-order valence-corrected chi connectivity index (χ1v) is 36.3. The topological polar surface area (TPSA) is 27.7 Å². The summed E-state index contributed by atoms with van der Waals surface area (Å²) in [5.41, 5.74) is 11.1. The van der Waals surface area contributed by atoms with E-state index in [1.54, 1.807) is 0 Å². The zero-order valence-electron chi connectivity index (χ0n) is 52.4. The summed E-state index contributed by atoms with van der Waals surface area (Å²) >= 11 is 0. The lowest BCUT2D eigenvalue weighted by molar-refractivity contribution is 0.353. The molecule has 0 spiro atoms. The minimum atomic E-state index is -2.74. The van der Waals surface area contributed by atoms with E-state index >= 15 is 0 Å². The smallest absolute Gasteiger partial charge is 0.323 e. The lowest BCUT2D eigenvalue weighted by Gasteiger charge is -2.49. The Morgan fingerprint density at radius 2 is 0.388 bits per heavy atom. The van der Waals surface area contributed by atoms with Crippen molar-refractivity contribution < 1.29 is 12.3 Å². The molecule has 9 aromatic carbocycles. The second-order valence-corrected chi connectivity index (χ2v) is 31.6. The number of rotatable bonds is 30.